The smallest absolute Gasteiger partial charge is 0.359 e. The summed E-state index contributed by atoms with van der Waals surface area (Å²) in [7, 11) is 1.53. The van der Waals surface area contributed by atoms with E-state index < -0.39 is 12.1 Å². The Kier molecular flexibility index (Phi) is 6.05. The lowest BCUT2D eigenvalue weighted by Crippen LogP contribution is -2.28. The van der Waals surface area contributed by atoms with Gasteiger partial charge < -0.3 is 9.47 Å². The van der Waals surface area contributed by atoms with Crippen molar-refractivity contribution in [2.24, 2.45) is 0 Å². The fourth-order valence-corrected chi connectivity index (χ4v) is 2.19. The summed E-state index contributed by atoms with van der Waals surface area (Å²) >= 11 is 0. The quantitative estimate of drug-likeness (QED) is 0.564. The lowest BCUT2D eigenvalue weighted by atomic mass is 10.1. The zero-order chi connectivity index (χ0) is 18.4. The number of benzene rings is 1. The van der Waals surface area contributed by atoms with Crippen LogP contribution in [0.4, 0.5) is 0 Å². The molecule has 25 heavy (non-hydrogen) atoms. The monoisotopic (exact) mass is 344 g/mol. The van der Waals surface area contributed by atoms with Crippen molar-refractivity contribution in [3.63, 3.8) is 0 Å². The van der Waals surface area contributed by atoms with E-state index in [1.807, 2.05) is 6.92 Å². The molecule has 1 aromatic carbocycles. The van der Waals surface area contributed by atoms with Crippen LogP contribution in [0.2, 0.25) is 0 Å². The van der Waals surface area contributed by atoms with Gasteiger partial charge in [-0.15, -0.1) is 0 Å². The fraction of sp³-hybridized carbons (Fsp3) is 0.333. The molecule has 2 aromatic rings. The van der Waals surface area contributed by atoms with Crippen molar-refractivity contribution >= 4 is 11.8 Å². The third-order valence-corrected chi connectivity index (χ3v) is 3.54. The number of carbonyl (C=O) groups excluding carboxylic acids is 2. The number of ether oxygens (including phenoxy) is 2. The molecule has 0 radical (unpaired) electrons. The zero-order valence-corrected chi connectivity index (χ0v) is 14.4. The molecule has 1 atom stereocenters. The van der Waals surface area contributed by atoms with E-state index >= 15 is 0 Å². The molecule has 7 heteroatoms. The molecule has 0 saturated carbocycles. The van der Waals surface area contributed by atoms with E-state index in [9.17, 15) is 14.4 Å². The summed E-state index contributed by atoms with van der Waals surface area (Å²) in [6.45, 7) is 3.79. The minimum atomic E-state index is -0.978. The van der Waals surface area contributed by atoms with Gasteiger partial charge in [0.25, 0.3) is 5.56 Å². The van der Waals surface area contributed by atoms with Crippen molar-refractivity contribution < 1.29 is 19.1 Å². The van der Waals surface area contributed by atoms with Crippen molar-refractivity contribution in [1.29, 1.82) is 0 Å². The first-order chi connectivity index (χ1) is 12.0. The standard InChI is InChI=1S/C18H20N2O5/c1-4-11-20-16(21)10-9-15(19-20)18(23)25-12(2)17(22)13-5-7-14(24-3)8-6-13/h5-10,12H,4,11H2,1-3H3/t12-/m0/s1. The highest BCUT2D eigenvalue weighted by molar-refractivity contribution is 6.01. The maximum atomic E-state index is 12.3. The van der Waals surface area contributed by atoms with Crippen LogP contribution < -0.4 is 10.3 Å². The Balaban J connectivity index is 2.09. The molecule has 0 bridgehead atoms. The molecule has 1 heterocycles. The van der Waals surface area contributed by atoms with Crippen LogP contribution in [0.3, 0.4) is 0 Å². The average molecular weight is 344 g/mol. The summed E-state index contributed by atoms with van der Waals surface area (Å²) in [5, 5.41) is 3.97. The van der Waals surface area contributed by atoms with Gasteiger partial charge in [-0.2, -0.15) is 5.10 Å². The van der Waals surface area contributed by atoms with Crippen LogP contribution in [0.1, 0.15) is 41.1 Å². The normalized spacial score (nSPS) is 11.6. The van der Waals surface area contributed by atoms with Crippen LogP contribution in [0, 0.1) is 0 Å². The van der Waals surface area contributed by atoms with Gasteiger partial charge in [0.2, 0.25) is 5.78 Å². The molecule has 0 fully saturated rings. The van der Waals surface area contributed by atoms with Gasteiger partial charge in [-0.3, -0.25) is 9.59 Å². The lowest BCUT2D eigenvalue weighted by molar-refractivity contribution is 0.0310. The molecule has 1 aromatic heterocycles. The molecule has 0 saturated heterocycles. The average Bonchev–Trinajstić information content (AvgIpc) is 2.63. The molecule has 0 amide bonds. The second-order valence-corrected chi connectivity index (χ2v) is 5.42. The predicted molar refractivity (Wildman–Crippen MR) is 91.0 cm³/mol. The number of Topliss-reactive ketones (excluding diaryl/α,β-unsaturated/α-hetero) is 1. The van der Waals surface area contributed by atoms with E-state index in [4.69, 9.17) is 9.47 Å². The number of carbonyl (C=O) groups is 2. The largest absolute Gasteiger partial charge is 0.497 e. The maximum Gasteiger partial charge on any atom is 0.359 e. The van der Waals surface area contributed by atoms with Gasteiger partial charge >= 0.3 is 5.97 Å². The number of ketones is 1. The Hall–Kier alpha value is -2.96. The molecule has 2 rings (SSSR count). The van der Waals surface area contributed by atoms with Crippen LogP contribution in [0.25, 0.3) is 0 Å². The van der Waals surface area contributed by atoms with E-state index in [0.717, 1.165) is 0 Å². The van der Waals surface area contributed by atoms with Crippen LogP contribution >= 0.6 is 0 Å². The minimum absolute atomic E-state index is 0.0116. The highest BCUT2D eigenvalue weighted by Gasteiger charge is 2.21. The van der Waals surface area contributed by atoms with Gasteiger partial charge in [-0.25, -0.2) is 9.48 Å². The van der Waals surface area contributed by atoms with Gasteiger partial charge in [0.05, 0.1) is 7.11 Å². The highest BCUT2D eigenvalue weighted by atomic mass is 16.5. The first kappa shape index (κ1) is 18.4. The van der Waals surface area contributed by atoms with Crippen molar-refractivity contribution in [2.45, 2.75) is 32.9 Å². The Morgan fingerprint density at radius 1 is 1.16 bits per heavy atom. The molecule has 0 aliphatic carbocycles. The Morgan fingerprint density at radius 3 is 2.44 bits per heavy atom. The summed E-state index contributed by atoms with van der Waals surface area (Å²) < 4.78 is 11.4. The number of hydrogen-bond acceptors (Lipinski definition) is 6. The summed E-state index contributed by atoms with van der Waals surface area (Å²) in [5.41, 5.74) is 0.105. The summed E-state index contributed by atoms with van der Waals surface area (Å²) in [4.78, 5) is 36.2. The van der Waals surface area contributed by atoms with E-state index in [0.29, 0.717) is 24.3 Å². The summed E-state index contributed by atoms with van der Waals surface area (Å²) in [6.07, 6.45) is -0.271. The lowest BCUT2D eigenvalue weighted by Gasteiger charge is -2.13. The van der Waals surface area contributed by atoms with Gasteiger partial charge in [0.1, 0.15) is 5.75 Å². The van der Waals surface area contributed by atoms with E-state index in [1.54, 1.807) is 24.3 Å². The molecule has 0 N–H and O–H groups in total. The number of hydrogen-bond donors (Lipinski definition) is 0. The van der Waals surface area contributed by atoms with Crippen molar-refractivity contribution in [1.82, 2.24) is 9.78 Å². The maximum absolute atomic E-state index is 12.3. The molecule has 7 nitrogen and oxygen atoms in total. The Bertz CT molecular complexity index is 811. The number of nitrogens with zero attached hydrogens (tertiary/aromatic N) is 2. The van der Waals surface area contributed by atoms with Gasteiger partial charge in [-0.1, -0.05) is 6.92 Å². The van der Waals surface area contributed by atoms with Crippen LogP contribution in [0.15, 0.2) is 41.2 Å². The second kappa shape index (κ2) is 8.23. The fourth-order valence-electron chi connectivity index (χ4n) is 2.19. The Morgan fingerprint density at radius 2 is 1.84 bits per heavy atom. The first-order valence-electron chi connectivity index (χ1n) is 7.93. The van der Waals surface area contributed by atoms with Crippen LogP contribution in [-0.2, 0) is 11.3 Å². The zero-order valence-electron chi connectivity index (χ0n) is 14.4. The molecule has 0 unspecified atom stereocenters. The molecule has 0 aliphatic heterocycles. The number of aromatic nitrogens is 2. The van der Waals surface area contributed by atoms with Crippen molar-refractivity contribution in [3.8, 4) is 5.75 Å². The number of methoxy groups -OCH3 is 1. The molecule has 0 spiro atoms. The van der Waals surface area contributed by atoms with Gasteiger partial charge in [-0.05, 0) is 43.7 Å². The molecule has 132 valence electrons. The van der Waals surface area contributed by atoms with Gasteiger partial charge in [0.15, 0.2) is 11.8 Å². The number of rotatable bonds is 7. The number of aryl methyl sites for hydroxylation is 1. The third-order valence-electron chi connectivity index (χ3n) is 3.54. The van der Waals surface area contributed by atoms with E-state index in [1.165, 1.54) is 30.8 Å². The van der Waals surface area contributed by atoms with Crippen LogP contribution in [-0.4, -0.2) is 34.7 Å². The van der Waals surface area contributed by atoms with Crippen molar-refractivity contribution in [2.75, 3.05) is 7.11 Å². The molecular formula is C18H20N2O5. The van der Waals surface area contributed by atoms with E-state index in [2.05, 4.69) is 5.10 Å². The highest BCUT2D eigenvalue weighted by Crippen LogP contribution is 2.14. The summed E-state index contributed by atoms with van der Waals surface area (Å²) in [6, 6.07) is 9.07. The number of esters is 1. The van der Waals surface area contributed by atoms with Crippen LogP contribution in [0.5, 0.6) is 5.75 Å². The second-order valence-electron chi connectivity index (χ2n) is 5.42. The predicted octanol–water partition coefficient (Wildman–Crippen LogP) is 2.09. The van der Waals surface area contributed by atoms with Gasteiger partial charge in [0, 0.05) is 18.2 Å². The molecular weight excluding hydrogens is 324 g/mol. The minimum Gasteiger partial charge on any atom is -0.497 e. The molecule has 0 aliphatic rings. The third kappa shape index (κ3) is 4.53. The van der Waals surface area contributed by atoms with Crippen molar-refractivity contribution in [3.05, 3.63) is 58.0 Å². The summed E-state index contributed by atoms with van der Waals surface area (Å²) in [5.74, 6) is -0.458. The first-order valence-corrected chi connectivity index (χ1v) is 7.93. The topological polar surface area (TPSA) is 87.5 Å². The van der Waals surface area contributed by atoms with E-state index in [-0.39, 0.29) is 17.0 Å². The Labute approximate surface area is 145 Å². The SMILES string of the molecule is CCCn1nc(C(=O)O[C@@H](C)C(=O)c2ccc(OC)cc2)ccc1=O.